The maximum atomic E-state index is 10.6. The first-order chi connectivity index (χ1) is 7.82. The summed E-state index contributed by atoms with van der Waals surface area (Å²) in [5, 5.41) is 21.8. The molecular formula is C12H16ClNO3. The van der Waals surface area contributed by atoms with Gasteiger partial charge in [-0.15, -0.1) is 0 Å². The molecule has 4 nitrogen and oxygen atoms in total. The van der Waals surface area contributed by atoms with Gasteiger partial charge in [0.05, 0.1) is 11.4 Å². The molecule has 0 amide bonds. The fourth-order valence-electron chi connectivity index (χ4n) is 1.48. The fraction of sp³-hybridized carbons (Fsp3) is 0.417. The molecule has 0 fully saturated rings. The van der Waals surface area contributed by atoms with E-state index in [1.54, 1.807) is 32.0 Å². The van der Waals surface area contributed by atoms with Gasteiger partial charge in [0.15, 0.2) is 0 Å². The van der Waals surface area contributed by atoms with Crippen LogP contribution in [0.4, 0.5) is 0 Å². The number of benzene rings is 1. The Bertz CT molecular complexity index is 418. The molecule has 0 saturated heterocycles. The monoisotopic (exact) mass is 257 g/mol. The van der Waals surface area contributed by atoms with Crippen LogP contribution in [0.1, 0.15) is 25.8 Å². The van der Waals surface area contributed by atoms with E-state index in [1.807, 2.05) is 0 Å². The van der Waals surface area contributed by atoms with Crippen LogP contribution >= 0.6 is 11.6 Å². The molecule has 1 aromatic rings. The molecule has 94 valence electrons. The number of nitrogens with one attached hydrogen (secondary N) is 1. The van der Waals surface area contributed by atoms with Crippen molar-refractivity contribution < 1.29 is 15.0 Å². The second-order valence-electron chi connectivity index (χ2n) is 4.56. The zero-order chi connectivity index (χ0) is 13.1. The van der Waals surface area contributed by atoms with Crippen molar-refractivity contribution in [2.45, 2.75) is 32.4 Å². The third-order valence-electron chi connectivity index (χ3n) is 2.42. The summed E-state index contributed by atoms with van der Waals surface area (Å²) in [5.74, 6) is -0.828. The highest BCUT2D eigenvalue weighted by Gasteiger charge is 2.21. The van der Waals surface area contributed by atoms with Gasteiger partial charge in [-0.1, -0.05) is 23.7 Å². The van der Waals surface area contributed by atoms with Crippen molar-refractivity contribution in [2.75, 3.05) is 0 Å². The first-order valence-corrected chi connectivity index (χ1v) is 5.63. The quantitative estimate of drug-likeness (QED) is 0.758. The van der Waals surface area contributed by atoms with Gasteiger partial charge in [-0.05, 0) is 19.9 Å². The Morgan fingerprint density at radius 3 is 2.71 bits per heavy atom. The summed E-state index contributed by atoms with van der Waals surface area (Å²) in [6, 6.07) is 5.08. The number of carboxylic acids is 1. The number of halogens is 1. The molecule has 0 atom stereocenters. The molecule has 3 N–H and O–H groups in total. The van der Waals surface area contributed by atoms with E-state index in [-0.39, 0.29) is 12.2 Å². The average molecular weight is 258 g/mol. The zero-order valence-electron chi connectivity index (χ0n) is 9.83. The van der Waals surface area contributed by atoms with Crippen molar-refractivity contribution in [1.82, 2.24) is 5.32 Å². The molecule has 0 bridgehead atoms. The van der Waals surface area contributed by atoms with Crippen molar-refractivity contribution in [1.29, 1.82) is 0 Å². The summed E-state index contributed by atoms with van der Waals surface area (Å²) in [4.78, 5) is 10.6. The lowest BCUT2D eigenvalue weighted by Crippen LogP contribution is -2.40. The second kappa shape index (κ2) is 5.38. The van der Waals surface area contributed by atoms with Gasteiger partial charge in [0, 0.05) is 17.6 Å². The summed E-state index contributed by atoms with van der Waals surface area (Å²) < 4.78 is 0. The van der Waals surface area contributed by atoms with Crippen LogP contribution in [0.25, 0.3) is 0 Å². The van der Waals surface area contributed by atoms with Crippen LogP contribution in [0.2, 0.25) is 5.02 Å². The van der Waals surface area contributed by atoms with Crippen LogP contribution in [-0.4, -0.2) is 21.7 Å². The molecule has 0 heterocycles. The summed E-state index contributed by atoms with van der Waals surface area (Å²) in [5.41, 5.74) is 0.108. The molecule has 0 aliphatic rings. The van der Waals surface area contributed by atoms with Crippen LogP contribution in [0.15, 0.2) is 18.2 Å². The van der Waals surface area contributed by atoms with E-state index < -0.39 is 11.5 Å². The van der Waals surface area contributed by atoms with E-state index in [1.165, 1.54) is 0 Å². The van der Waals surface area contributed by atoms with Crippen LogP contribution in [-0.2, 0) is 11.3 Å². The topological polar surface area (TPSA) is 69.6 Å². The van der Waals surface area contributed by atoms with E-state index in [4.69, 9.17) is 16.7 Å². The average Bonchev–Trinajstić information content (AvgIpc) is 2.18. The lowest BCUT2D eigenvalue weighted by molar-refractivity contribution is -0.138. The normalized spacial score (nSPS) is 11.5. The van der Waals surface area contributed by atoms with Crippen molar-refractivity contribution in [3.05, 3.63) is 28.8 Å². The molecular weight excluding hydrogens is 242 g/mol. The number of aliphatic carboxylic acids is 1. The number of aromatic hydroxyl groups is 1. The highest BCUT2D eigenvalue weighted by molar-refractivity contribution is 6.32. The van der Waals surface area contributed by atoms with E-state index in [2.05, 4.69) is 5.32 Å². The number of hydrogen-bond acceptors (Lipinski definition) is 3. The standard InChI is InChI=1S/C12H16ClNO3/c1-12(2,6-10(15)16)14-7-8-4-3-5-9(13)11(8)17/h3-5,14,17H,6-7H2,1-2H3,(H,15,16). The third kappa shape index (κ3) is 4.24. The van der Waals surface area contributed by atoms with Gasteiger partial charge in [0.2, 0.25) is 0 Å². The van der Waals surface area contributed by atoms with Crippen LogP contribution < -0.4 is 5.32 Å². The van der Waals surface area contributed by atoms with Crippen LogP contribution in [0.3, 0.4) is 0 Å². The maximum Gasteiger partial charge on any atom is 0.305 e. The lowest BCUT2D eigenvalue weighted by Gasteiger charge is -2.24. The summed E-state index contributed by atoms with van der Waals surface area (Å²) in [7, 11) is 0. The van der Waals surface area contributed by atoms with E-state index in [0.29, 0.717) is 17.1 Å². The number of hydrogen-bond donors (Lipinski definition) is 3. The second-order valence-corrected chi connectivity index (χ2v) is 4.96. The molecule has 1 aromatic carbocycles. The number of phenolic OH excluding ortho intramolecular Hbond substituents is 1. The Morgan fingerprint density at radius 2 is 2.12 bits per heavy atom. The molecule has 0 aliphatic heterocycles. The summed E-state index contributed by atoms with van der Waals surface area (Å²) in [6.45, 7) is 3.96. The molecule has 0 radical (unpaired) electrons. The van der Waals surface area contributed by atoms with Gasteiger partial charge < -0.3 is 15.5 Å². The van der Waals surface area contributed by atoms with Crippen molar-refractivity contribution in [2.24, 2.45) is 0 Å². The van der Waals surface area contributed by atoms with Gasteiger partial charge in [-0.2, -0.15) is 0 Å². The van der Waals surface area contributed by atoms with E-state index >= 15 is 0 Å². The number of para-hydroxylation sites is 1. The number of rotatable bonds is 5. The number of carbonyl (C=O) groups is 1. The minimum Gasteiger partial charge on any atom is -0.506 e. The SMILES string of the molecule is CC(C)(CC(=O)O)NCc1cccc(Cl)c1O. The van der Waals surface area contributed by atoms with E-state index in [0.717, 1.165) is 0 Å². The number of phenols is 1. The van der Waals surface area contributed by atoms with Crippen LogP contribution in [0.5, 0.6) is 5.75 Å². The lowest BCUT2D eigenvalue weighted by atomic mass is 10.0. The fourth-order valence-corrected chi connectivity index (χ4v) is 1.67. The Kier molecular flexibility index (Phi) is 4.37. The van der Waals surface area contributed by atoms with Crippen molar-refractivity contribution in [3.63, 3.8) is 0 Å². The maximum absolute atomic E-state index is 10.6. The largest absolute Gasteiger partial charge is 0.506 e. The Morgan fingerprint density at radius 1 is 1.47 bits per heavy atom. The number of carboxylic acid groups (broad SMARTS) is 1. The Labute approximate surface area is 105 Å². The first-order valence-electron chi connectivity index (χ1n) is 5.25. The molecule has 1 rings (SSSR count). The first kappa shape index (κ1) is 13.8. The van der Waals surface area contributed by atoms with E-state index in [9.17, 15) is 9.90 Å². The van der Waals surface area contributed by atoms with Gasteiger partial charge >= 0.3 is 5.97 Å². The van der Waals surface area contributed by atoms with Gasteiger partial charge in [-0.25, -0.2) is 0 Å². The highest BCUT2D eigenvalue weighted by atomic mass is 35.5. The smallest absolute Gasteiger partial charge is 0.305 e. The van der Waals surface area contributed by atoms with Gasteiger partial charge in [0.25, 0.3) is 0 Å². The predicted octanol–water partition coefficient (Wildman–Crippen LogP) is 2.39. The van der Waals surface area contributed by atoms with Crippen molar-refractivity contribution in [3.8, 4) is 5.75 Å². The van der Waals surface area contributed by atoms with Gasteiger partial charge in [0.1, 0.15) is 5.75 Å². The van der Waals surface area contributed by atoms with Crippen LogP contribution in [0, 0.1) is 0 Å². The molecule has 0 unspecified atom stereocenters. The molecule has 0 saturated carbocycles. The summed E-state index contributed by atoms with van der Waals surface area (Å²) in [6.07, 6.45) is 0.00826. The molecule has 0 aromatic heterocycles. The molecule has 0 spiro atoms. The highest BCUT2D eigenvalue weighted by Crippen LogP contribution is 2.27. The summed E-state index contributed by atoms with van der Waals surface area (Å²) >= 11 is 5.78. The third-order valence-corrected chi connectivity index (χ3v) is 2.73. The Hall–Kier alpha value is -1.26. The molecule has 17 heavy (non-hydrogen) atoms. The Balaban J connectivity index is 2.67. The predicted molar refractivity (Wildman–Crippen MR) is 66.3 cm³/mol. The minimum atomic E-state index is -0.863. The molecule has 5 heteroatoms. The molecule has 0 aliphatic carbocycles. The van der Waals surface area contributed by atoms with Crippen molar-refractivity contribution >= 4 is 17.6 Å². The minimum absolute atomic E-state index is 0.00826. The van der Waals surface area contributed by atoms with Gasteiger partial charge in [-0.3, -0.25) is 4.79 Å². The zero-order valence-corrected chi connectivity index (χ0v) is 10.6.